The van der Waals surface area contributed by atoms with Crippen molar-refractivity contribution in [1.29, 1.82) is 0 Å². The third-order valence-electron chi connectivity index (χ3n) is 4.41. The molecule has 4 rings (SSSR count). The molecule has 2 N–H and O–H groups in total. The molecule has 0 saturated heterocycles. The van der Waals surface area contributed by atoms with Crippen molar-refractivity contribution in [3.63, 3.8) is 0 Å². The fraction of sp³-hybridized carbons (Fsp3) is 0.0909. The number of fused-ring (bicyclic) bond motifs is 1. The number of primary amides is 1. The molecule has 0 aliphatic carbocycles. The van der Waals surface area contributed by atoms with Crippen molar-refractivity contribution in [1.82, 2.24) is 4.98 Å². The predicted octanol–water partition coefficient (Wildman–Crippen LogP) is 5.84. The van der Waals surface area contributed by atoms with Crippen LogP contribution in [0.3, 0.4) is 0 Å². The van der Waals surface area contributed by atoms with Crippen LogP contribution in [0.4, 0.5) is 13.6 Å². The second kappa shape index (κ2) is 8.08. The number of amides is 1. The van der Waals surface area contributed by atoms with Crippen LogP contribution >= 0.6 is 11.3 Å². The Morgan fingerprint density at radius 2 is 1.80 bits per heavy atom. The minimum atomic E-state index is -0.909. The summed E-state index contributed by atoms with van der Waals surface area (Å²) in [6, 6.07) is 15.8. The van der Waals surface area contributed by atoms with Crippen molar-refractivity contribution >= 4 is 27.6 Å². The Kier molecular flexibility index (Phi) is 5.33. The molecule has 3 aromatic carbocycles. The third kappa shape index (κ3) is 3.95. The van der Waals surface area contributed by atoms with Gasteiger partial charge in [-0.1, -0.05) is 18.2 Å². The van der Waals surface area contributed by atoms with E-state index in [1.165, 1.54) is 29.5 Å². The molecule has 0 fully saturated rings. The lowest BCUT2D eigenvalue weighted by atomic mass is 10.1. The van der Waals surface area contributed by atoms with E-state index >= 15 is 0 Å². The fourth-order valence-corrected chi connectivity index (χ4v) is 4.12. The lowest BCUT2D eigenvalue weighted by Gasteiger charge is -2.16. The van der Waals surface area contributed by atoms with Gasteiger partial charge in [-0.3, -0.25) is 0 Å². The highest BCUT2D eigenvalue weighted by Gasteiger charge is 2.18. The van der Waals surface area contributed by atoms with Gasteiger partial charge in [-0.15, -0.1) is 11.3 Å². The Hall–Kier alpha value is -3.52. The summed E-state index contributed by atoms with van der Waals surface area (Å²) >= 11 is 1.36. The number of carbonyl (C=O) groups excluding carboxylic acids is 1. The van der Waals surface area contributed by atoms with Gasteiger partial charge in [-0.25, -0.2) is 18.6 Å². The fourth-order valence-electron chi connectivity index (χ4n) is 3.10. The Morgan fingerprint density at radius 3 is 2.53 bits per heavy atom. The zero-order valence-corrected chi connectivity index (χ0v) is 16.6. The van der Waals surface area contributed by atoms with E-state index in [4.69, 9.17) is 15.2 Å². The summed E-state index contributed by atoms with van der Waals surface area (Å²) in [6.45, 7) is 1.58. The molecule has 4 aromatic rings. The molecule has 1 aromatic heterocycles. The standard InChI is InChI=1S/C22H16F2N2O3S/c1-12(20-15(23)6-4-7-16(20)24)28-13-9-10-17-19(11-13)30-21(26-17)14-5-2-3-8-18(14)29-22(25)27/h2-12H,1H3,(H2,25,27). The summed E-state index contributed by atoms with van der Waals surface area (Å²) in [4.78, 5) is 15.7. The first-order chi connectivity index (χ1) is 14.4. The van der Waals surface area contributed by atoms with Crippen LogP contribution in [0.1, 0.15) is 18.6 Å². The van der Waals surface area contributed by atoms with Crippen LogP contribution in [-0.4, -0.2) is 11.1 Å². The maximum absolute atomic E-state index is 14.0. The Labute approximate surface area is 174 Å². The lowest BCUT2D eigenvalue weighted by molar-refractivity contribution is 0.211. The number of nitrogens with zero attached hydrogens (tertiary/aromatic N) is 1. The molecule has 0 radical (unpaired) electrons. The van der Waals surface area contributed by atoms with Gasteiger partial charge in [0.05, 0.1) is 21.3 Å². The number of ether oxygens (including phenoxy) is 2. The molecule has 0 saturated carbocycles. The number of benzene rings is 3. The zero-order chi connectivity index (χ0) is 21.3. The topological polar surface area (TPSA) is 74.4 Å². The van der Waals surface area contributed by atoms with Gasteiger partial charge in [0.15, 0.2) is 0 Å². The molecular weight excluding hydrogens is 410 g/mol. The molecular formula is C22H16F2N2O3S. The third-order valence-corrected chi connectivity index (χ3v) is 5.46. The second-order valence-corrected chi connectivity index (χ2v) is 7.49. The minimum Gasteiger partial charge on any atom is -0.486 e. The molecule has 5 nitrogen and oxygen atoms in total. The monoisotopic (exact) mass is 426 g/mol. The highest BCUT2D eigenvalue weighted by molar-refractivity contribution is 7.21. The van der Waals surface area contributed by atoms with Crippen LogP contribution in [0.15, 0.2) is 60.7 Å². The summed E-state index contributed by atoms with van der Waals surface area (Å²) in [7, 11) is 0. The van der Waals surface area contributed by atoms with E-state index in [0.29, 0.717) is 27.6 Å². The summed E-state index contributed by atoms with van der Waals surface area (Å²) in [5, 5.41) is 0.632. The number of carbonyl (C=O) groups is 1. The molecule has 0 bridgehead atoms. The molecule has 30 heavy (non-hydrogen) atoms. The Morgan fingerprint density at radius 1 is 1.07 bits per heavy atom. The van der Waals surface area contributed by atoms with E-state index in [1.54, 1.807) is 49.4 Å². The summed E-state index contributed by atoms with van der Waals surface area (Å²) in [5.74, 6) is -0.553. The summed E-state index contributed by atoms with van der Waals surface area (Å²) < 4.78 is 39.6. The van der Waals surface area contributed by atoms with Crippen LogP contribution in [0.5, 0.6) is 11.5 Å². The van der Waals surface area contributed by atoms with E-state index in [0.717, 1.165) is 4.70 Å². The number of aromatic nitrogens is 1. The molecule has 1 unspecified atom stereocenters. The van der Waals surface area contributed by atoms with Crippen LogP contribution in [0.2, 0.25) is 0 Å². The van der Waals surface area contributed by atoms with Gasteiger partial charge in [0, 0.05) is 0 Å². The zero-order valence-electron chi connectivity index (χ0n) is 15.8. The van der Waals surface area contributed by atoms with Gasteiger partial charge < -0.3 is 15.2 Å². The van der Waals surface area contributed by atoms with Gasteiger partial charge in [-0.2, -0.15) is 0 Å². The molecule has 1 atom stereocenters. The lowest BCUT2D eigenvalue weighted by Crippen LogP contribution is -2.16. The van der Waals surface area contributed by atoms with Crippen LogP contribution in [0.25, 0.3) is 20.8 Å². The smallest absolute Gasteiger partial charge is 0.409 e. The average molecular weight is 426 g/mol. The number of para-hydroxylation sites is 1. The number of nitrogens with two attached hydrogens (primary N) is 1. The van der Waals surface area contributed by atoms with Crippen LogP contribution < -0.4 is 15.2 Å². The maximum atomic E-state index is 14.0. The van der Waals surface area contributed by atoms with E-state index in [2.05, 4.69) is 4.98 Å². The van der Waals surface area contributed by atoms with E-state index in [9.17, 15) is 13.6 Å². The first kappa shape index (κ1) is 19.8. The molecule has 1 heterocycles. The summed E-state index contributed by atoms with van der Waals surface area (Å²) in [6.07, 6.45) is -1.73. The maximum Gasteiger partial charge on any atom is 0.409 e. The van der Waals surface area contributed by atoms with Gasteiger partial charge in [0.25, 0.3) is 0 Å². The number of hydrogen-bond donors (Lipinski definition) is 1. The molecule has 0 spiro atoms. The van der Waals surface area contributed by atoms with Crippen molar-refractivity contribution in [3.05, 3.63) is 77.9 Å². The Balaban J connectivity index is 1.65. The number of rotatable bonds is 5. The molecule has 0 aliphatic heterocycles. The van der Waals surface area contributed by atoms with Crippen molar-refractivity contribution in [2.75, 3.05) is 0 Å². The Bertz CT molecular complexity index is 1220. The van der Waals surface area contributed by atoms with Gasteiger partial charge in [0.2, 0.25) is 0 Å². The normalized spacial score (nSPS) is 12.0. The van der Waals surface area contributed by atoms with Gasteiger partial charge in [0.1, 0.15) is 34.2 Å². The molecule has 8 heteroatoms. The minimum absolute atomic E-state index is 0.125. The largest absolute Gasteiger partial charge is 0.486 e. The van der Waals surface area contributed by atoms with Crippen LogP contribution in [-0.2, 0) is 0 Å². The van der Waals surface area contributed by atoms with Crippen molar-refractivity contribution in [2.24, 2.45) is 5.73 Å². The SMILES string of the molecule is CC(Oc1ccc2nc(-c3ccccc3OC(N)=O)sc2c1)c1c(F)cccc1F. The van der Waals surface area contributed by atoms with Gasteiger partial charge >= 0.3 is 6.09 Å². The first-order valence-corrected chi connectivity index (χ1v) is 9.82. The molecule has 1 amide bonds. The number of thiazole rings is 1. The van der Waals surface area contributed by atoms with Crippen molar-refractivity contribution in [2.45, 2.75) is 13.0 Å². The quantitative estimate of drug-likeness (QED) is 0.435. The number of halogens is 2. The van der Waals surface area contributed by atoms with Crippen molar-refractivity contribution in [3.8, 4) is 22.1 Å². The highest BCUT2D eigenvalue weighted by Crippen LogP contribution is 2.37. The van der Waals surface area contributed by atoms with E-state index in [-0.39, 0.29) is 5.56 Å². The first-order valence-electron chi connectivity index (χ1n) is 9.00. The molecule has 0 aliphatic rings. The second-order valence-electron chi connectivity index (χ2n) is 6.46. The highest BCUT2D eigenvalue weighted by atomic mass is 32.1. The summed E-state index contributed by atoms with van der Waals surface area (Å²) in [5.41, 5.74) is 6.34. The average Bonchev–Trinajstić information content (AvgIpc) is 3.11. The van der Waals surface area contributed by atoms with Crippen LogP contribution in [0, 0.1) is 11.6 Å². The molecule has 152 valence electrons. The van der Waals surface area contributed by atoms with Gasteiger partial charge in [-0.05, 0) is 49.4 Å². The van der Waals surface area contributed by atoms with Crippen molar-refractivity contribution < 1.29 is 23.0 Å². The predicted molar refractivity (Wildman–Crippen MR) is 111 cm³/mol. The van der Waals surface area contributed by atoms with E-state index < -0.39 is 23.8 Å². The van der Waals surface area contributed by atoms with E-state index in [1.807, 2.05) is 0 Å². The number of hydrogen-bond acceptors (Lipinski definition) is 5.